The van der Waals surface area contributed by atoms with E-state index in [4.69, 9.17) is 5.73 Å². The van der Waals surface area contributed by atoms with Crippen molar-refractivity contribution in [2.24, 2.45) is 5.92 Å². The summed E-state index contributed by atoms with van der Waals surface area (Å²) in [7, 11) is 0. The van der Waals surface area contributed by atoms with Crippen LogP contribution in [0.5, 0.6) is 0 Å². The third kappa shape index (κ3) is 5.25. The van der Waals surface area contributed by atoms with Gasteiger partial charge in [0.15, 0.2) is 12.2 Å². The van der Waals surface area contributed by atoms with Crippen molar-refractivity contribution in [1.29, 1.82) is 0 Å². The molecule has 2 heterocycles. The minimum Gasteiger partial charge on any atom is -0.383 e. The fourth-order valence-corrected chi connectivity index (χ4v) is 3.87. The van der Waals surface area contributed by atoms with Crippen LogP contribution in [0.2, 0.25) is 0 Å². The largest absolute Gasteiger partial charge is 0.383 e. The summed E-state index contributed by atoms with van der Waals surface area (Å²) < 4.78 is 1.37. The van der Waals surface area contributed by atoms with Gasteiger partial charge in [-0.3, -0.25) is 24.0 Å². The summed E-state index contributed by atoms with van der Waals surface area (Å²) in [6.07, 6.45) is 5.08. The Bertz CT molecular complexity index is 783. The molecular formula is C20H36N5O3+. The van der Waals surface area contributed by atoms with E-state index in [9.17, 15) is 14.4 Å². The lowest BCUT2D eigenvalue weighted by Gasteiger charge is -2.32. The van der Waals surface area contributed by atoms with E-state index in [1.54, 1.807) is 0 Å². The van der Waals surface area contributed by atoms with Gasteiger partial charge in [-0.1, -0.05) is 27.2 Å². The van der Waals surface area contributed by atoms with Crippen LogP contribution in [0.15, 0.2) is 9.59 Å². The van der Waals surface area contributed by atoms with Crippen molar-refractivity contribution in [1.82, 2.24) is 9.55 Å². The Kier molecular flexibility index (Phi) is 7.86. The summed E-state index contributed by atoms with van der Waals surface area (Å²) in [5, 5.41) is 0. The third-order valence-corrected chi connectivity index (χ3v) is 5.53. The van der Waals surface area contributed by atoms with Crippen molar-refractivity contribution in [2.45, 2.75) is 72.4 Å². The van der Waals surface area contributed by atoms with Crippen LogP contribution < -0.4 is 26.8 Å². The van der Waals surface area contributed by atoms with Crippen LogP contribution in [0.3, 0.4) is 0 Å². The topological polar surface area (TPSA) is 106 Å². The molecule has 0 saturated carbocycles. The summed E-state index contributed by atoms with van der Waals surface area (Å²) in [4.78, 5) is 43.1. The summed E-state index contributed by atoms with van der Waals surface area (Å²) in [6.45, 7) is 10.3. The van der Waals surface area contributed by atoms with Crippen LogP contribution in [0.4, 0.5) is 11.5 Å². The summed E-state index contributed by atoms with van der Waals surface area (Å²) in [5.41, 5.74) is 5.24. The smallest absolute Gasteiger partial charge is 0.330 e. The second kappa shape index (κ2) is 9.91. The van der Waals surface area contributed by atoms with Crippen molar-refractivity contribution < 1.29 is 9.69 Å². The molecule has 4 N–H and O–H groups in total. The predicted molar refractivity (Wildman–Crippen MR) is 112 cm³/mol. The zero-order valence-corrected chi connectivity index (χ0v) is 17.7. The quantitative estimate of drug-likeness (QED) is 0.592. The van der Waals surface area contributed by atoms with Crippen molar-refractivity contribution in [2.75, 3.05) is 30.3 Å². The van der Waals surface area contributed by atoms with Gasteiger partial charge in [-0.15, -0.1) is 0 Å². The van der Waals surface area contributed by atoms with Gasteiger partial charge >= 0.3 is 5.69 Å². The van der Waals surface area contributed by atoms with Gasteiger partial charge in [0.1, 0.15) is 5.82 Å². The molecule has 8 heteroatoms. The van der Waals surface area contributed by atoms with Gasteiger partial charge in [0.2, 0.25) is 0 Å². The number of hydrogen-bond acceptors (Lipinski definition) is 4. The van der Waals surface area contributed by atoms with Crippen LogP contribution in [0, 0.1) is 5.92 Å². The minimum atomic E-state index is -0.589. The number of carbonyl (C=O) groups excluding carboxylic acids is 1. The molecule has 1 aromatic rings. The maximum absolute atomic E-state index is 13.2. The van der Waals surface area contributed by atoms with Crippen molar-refractivity contribution in [3.05, 3.63) is 20.8 Å². The number of nitrogens with zero attached hydrogens (tertiary/aromatic N) is 2. The zero-order valence-electron chi connectivity index (χ0n) is 17.7. The molecule has 1 unspecified atom stereocenters. The molecule has 158 valence electrons. The van der Waals surface area contributed by atoms with Crippen LogP contribution >= 0.6 is 0 Å². The van der Waals surface area contributed by atoms with Crippen LogP contribution in [-0.2, 0) is 11.3 Å². The molecule has 0 aliphatic carbocycles. The highest BCUT2D eigenvalue weighted by atomic mass is 16.2. The van der Waals surface area contributed by atoms with E-state index in [-0.39, 0.29) is 23.3 Å². The van der Waals surface area contributed by atoms with Gasteiger partial charge in [-0.25, -0.2) is 4.79 Å². The first-order valence-electron chi connectivity index (χ1n) is 10.5. The molecule has 1 aromatic heterocycles. The Morgan fingerprint density at radius 2 is 2.07 bits per heavy atom. The maximum Gasteiger partial charge on any atom is 0.330 e. The fourth-order valence-electron chi connectivity index (χ4n) is 3.87. The number of aromatic nitrogens is 2. The van der Waals surface area contributed by atoms with Crippen LogP contribution in [0.1, 0.15) is 59.8 Å². The molecule has 0 bridgehead atoms. The number of quaternary nitrogens is 1. The number of amides is 1. The standard InChI is InChI=1S/C20H35N5O3/c1-5-6-11-24(16(26)13-23-10-8-7-9-15(23)4)17-18(21)25(12-14(2)3)20(28)22-19(17)27/h14-15H,5-13,21H2,1-4H3,(H,22,27,28)/p+1/t15-/m1/s1. The third-order valence-electron chi connectivity index (χ3n) is 5.53. The summed E-state index contributed by atoms with van der Waals surface area (Å²) >= 11 is 0. The highest BCUT2D eigenvalue weighted by molar-refractivity contribution is 5.96. The van der Waals surface area contributed by atoms with E-state index in [1.165, 1.54) is 20.8 Å². The number of aromatic amines is 1. The lowest BCUT2D eigenvalue weighted by atomic mass is 10.0. The van der Waals surface area contributed by atoms with Gasteiger partial charge in [-0.05, 0) is 38.5 Å². The molecule has 1 fully saturated rings. The molecule has 2 atom stereocenters. The average Bonchev–Trinajstić information content (AvgIpc) is 2.63. The Morgan fingerprint density at radius 1 is 1.36 bits per heavy atom. The van der Waals surface area contributed by atoms with Crippen molar-refractivity contribution in [3.8, 4) is 0 Å². The molecule has 1 amide bonds. The zero-order chi connectivity index (χ0) is 20.8. The molecule has 1 aliphatic rings. The Hall–Kier alpha value is -2.09. The van der Waals surface area contributed by atoms with Gasteiger partial charge in [0, 0.05) is 13.1 Å². The molecule has 0 spiro atoms. The summed E-state index contributed by atoms with van der Waals surface area (Å²) in [5.74, 6) is 0.148. The number of H-pyrrole nitrogens is 1. The number of likely N-dealkylation sites (tertiary alicyclic amines) is 1. The number of hydrogen-bond donors (Lipinski definition) is 3. The lowest BCUT2D eigenvalue weighted by Crippen LogP contribution is -3.17. The maximum atomic E-state index is 13.2. The fraction of sp³-hybridized carbons (Fsp3) is 0.750. The highest BCUT2D eigenvalue weighted by Crippen LogP contribution is 2.18. The van der Waals surface area contributed by atoms with E-state index < -0.39 is 11.2 Å². The lowest BCUT2D eigenvalue weighted by molar-refractivity contribution is -0.920. The minimum absolute atomic E-state index is 0.0774. The molecule has 1 saturated heterocycles. The van der Waals surface area contributed by atoms with Gasteiger partial charge in [0.05, 0.1) is 12.6 Å². The van der Waals surface area contributed by atoms with E-state index in [0.717, 1.165) is 32.2 Å². The second-order valence-corrected chi connectivity index (χ2v) is 8.38. The van der Waals surface area contributed by atoms with Crippen LogP contribution in [-0.4, -0.2) is 41.1 Å². The average molecular weight is 395 g/mol. The monoisotopic (exact) mass is 394 g/mol. The molecular weight excluding hydrogens is 358 g/mol. The van der Waals surface area contributed by atoms with Gasteiger partial charge in [-0.2, -0.15) is 0 Å². The number of carbonyl (C=O) groups is 1. The molecule has 2 rings (SSSR count). The number of unbranched alkanes of at least 4 members (excludes halogenated alkanes) is 1. The first kappa shape index (κ1) is 22.2. The molecule has 0 radical (unpaired) electrons. The first-order chi connectivity index (χ1) is 13.3. The normalized spacial score (nSPS) is 19.8. The van der Waals surface area contributed by atoms with Gasteiger partial charge in [0.25, 0.3) is 11.5 Å². The second-order valence-electron chi connectivity index (χ2n) is 8.38. The number of rotatable bonds is 8. The van der Waals surface area contributed by atoms with E-state index in [0.29, 0.717) is 25.7 Å². The molecule has 28 heavy (non-hydrogen) atoms. The Morgan fingerprint density at radius 3 is 2.68 bits per heavy atom. The molecule has 0 aromatic carbocycles. The van der Waals surface area contributed by atoms with Gasteiger partial charge < -0.3 is 10.6 Å². The van der Waals surface area contributed by atoms with E-state index in [2.05, 4.69) is 11.9 Å². The van der Waals surface area contributed by atoms with E-state index in [1.807, 2.05) is 20.8 Å². The number of anilines is 2. The van der Waals surface area contributed by atoms with Crippen LogP contribution in [0.25, 0.3) is 0 Å². The summed E-state index contributed by atoms with van der Waals surface area (Å²) in [6, 6.07) is 0.427. The van der Waals surface area contributed by atoms with E-state index >= 15 is 0 Å². The highest BCUT2D eigenvalue weighted by Gasteiger charge is 2.30. The number of nitrogen functional groups attached to an aromatic ring is 1. The molecule has 1 aliphatic heterocycles. The SMILES string of the molecule is CCCCN(C(=O)C[NH+]1CCCC[C@H]1C)c1c(N)n(CC(C)C)c(=O)[nH]c1=O. The molecule has 8 nitrogen and oxygen atoms in total. The predicted octanol–water partition coefficient (Wildman–Crippen LogP) is 0.365. The Balaban J connectivity index is 2.40. The van der Waals surface area contributed by atoms with Crippen molar-refractivity contribution in [3.63, 3.8) is 0 Å². The Labute approximate surface area is 166 Å². The first-order valence-corrected chi connectivity index (χ1v) is 10.5. The number of nitrogens with two attached hydrogens (primary N) is 1. The number of nitrogens with one attached hydrogen (secondary N) is 2. The van der Waals surface area contributed by atoms with Crippen molar-refractivity contribution >= 4 is 17.4 Å². The number of piperidine rings is 1.